The van der Waals surface area contributed by atoms with E-state index in [4.69, 9.17) is 19.9 Å². The summed E-state index contributed by atoms with van der Waals surface area (Å²) in [6.07, 6.45) is 1.32. The molecule has 0 aromatic heterocycles. The Morgan fingerprint density at radius 3 is 2.79 bits per heavy atom. The lowest BCUT2D eigenvalue weighted by Crippen LogP contribution is -2.74. The Morgan fingerprint density at radius 2 is 2.09 bits per heavy atom. The molecule has 0 amide bonds. The average Bonchev–Trinajstić information content (AvgIpc) is 3.10. The molecule has 5 rings (SSSR count). The van der Waals surface area contributed by atoms with E-state index in [1.165, 1.54) is 6.92 Å². The number of carbonyl (C=O) groups is 2. The number of rotatable bonds is 5. The number of phenolic OH excluding ortho intramolecular Hbond substituents is 1. The molecule has 4 N–H and O–H groups in total. The molecule has 34 heavy (non-hydrogen) atoms. The Hall–Kier alpha value is -2.04. The van der Waals surface area contributed by atoms with Crippen molar-refractivity contribution in [1.29, 1.82) is 0 Å². The number of esters is 2. The number of nitrogens with zero attached hydrogens (tertiary/aromatic N) is 1. The second-order valence-corrected chi connectivity index (χ2v) is 9.19. The lowest BCUT2D eigenvalue weighted by atomic mass is 9.50. The normalized spacial score (nSPS) is 31.0. The summed E-state index contributed by atoms with van der Waals surface area (Å²) in [5.74, 6) is -0.685. The predicted molar refractivity (Wildman–Crippen MR) is 126 cm³/mol. The van der Waals surface area contributed by atoms with Gasteiger partial charge in [0.15, 0.2) is 23.7 Å². The zero-order valence-electron chi connectivity index (χ0n) is 19.0. The van der Waals surface area contributed by atoms with Gasteiger partial charge in [0, 0.05) is 24.6 Å². The van der Waals surface area contributed by atoms with E-state index in [-0.39, 0.29) is 61.8 Å². The van der Waals surface area contributed by atoms with Crippen LogP contribution in [-0.2, 0) is 30.9 Å². The van der Waals surface area contributed by atoms with E-state index in [9.17, 15) is 19.8 Å². The fraction of sp³-hybridized carbons (Fsp3) is 0.565. The maximum Gasteiger partial charge on any atom is 0.352 e. The molecule has 1 fully saturated rings. The maximum atomic E-state index is 12.7. The number of likely N-dealkylation sites (tertiary alicyclic amines) is 1. The number of phenols is 1. The van der Waals surface area contributed by atoms with E-state index in [0.717, 1.165) is 17.7 Å². The highest BCUT2D eigenvalue weighted by Gasteiger charge is 2.72. The van der Waals surface area contributed by atoms with Crippen LogP contribution in [0.2, 0.25) is 0 Å². The molecule has 9 nitrogen and oxygen atoms in total. The summed E-state index contributed by atoms with van der Waals surface area (Å²) in [5.41, 5.74) is 5.23. The minimum atomic E-state index is -1.13. The number of hydrogen-bond acceptors (Lipinski definition) is 9. The molecule has 1 aromatic carbocycles. The summed E-state index contributed by atoms with van der Waals surface area (Å²) in [5, 5.41) is 22.6. The van der Waals surface area contributed by atoms with Crippen LogP contribution in [0.5, 0.6) is 11.5 Å². The summed E-state index contributed by atoms with van der Waals surface area (Å²) < 4.78 is 17.0. The third-order valence-corrected chi connectivity index (χ3v) is 7.56. The van der Waals surface area contributed by atoms with E-state index in [1.54, 1.807) is 12.1 Å². The lowest BCUT2D eigenvalue weighted by Gasteiger charge is -2.61. The Balaban J connectivity index is 0.00000162. The van der Waals surface area contributed by atoms with E-state index in [2.05, 4.69) is 4.90 Å². The first-order chi connectivity index (χ1) is 15.2. The first-order valence-electron chi connectivity index (χ1n) is 11.0. The number of carbonyl (C=O) groups excluding carboxylic acids is 2. The van der Waals surface area contributed by atoms with Gasteiger partial charge in [-0.2, -0.15) is 0 Å². The minimum Gasteiger partial charge on any atom is -0.504 e. The number of halogens is 2. The van der Waals surface area contributed by atoms with Gasteiger partial charge in [-0.15, -0.1) is 24.8 Å². The van der Waals surface area contributed by atoms with Crippen LogP contribution in [0.4, 0.5) is 0 Å². The molecule has 1 saturated heterocycles. The van der Waals surface area contributed by atoms with Crippen molar-refractivity contribution in [3.8, 4) is 11.5 Å². The third kappa shape index (κ3) is 3.48. The van der Waals surface area contributed by atoms with Crippen molar-refractivity contribution in [3.05, 3.63) is 35.1 Å². The van der Waals surface area contributed by atoms with Gasteiger partial charge >= 0.3 is 11.9 Å². The fourth-order valence-electron chi connectivity index (χ4n) is 6.06. The van der Waals surface area contributed by atoms with Crippen molar-refractivity contribution in [3.63, 3.8) is 0 Å². The van der Waals surface area contributed by atoms with Crippen LogP contribution < -0.4 is 10.5 Å². The molecular formula is C23H30Cl2N2O7. The van der Waals surface area contributed by atoms with E-state index < -0.39 is 35.2 Å². The highest BCUT2D eigenvalue weighted by atomic mass is 35.5. The average molecular weight is 517 g/mol. The number of likely N-dealkylation sites (N-methyl/N-ethyl adjacent to an activating group) is 1. The molecule has 2 bridgehead atoms. The largest absolute Gasteiger partial charge is 0.504 e. The Bertz CT molecular complexity index is 1030. The zero-order valence-corrected chi connectivity index (χ0v) is 20.6. The van der Waals surface area contributed by atoms with Gasteiger partial charge < -0.3 is 35.1 Å². The van der Waals surface area contributed by atoms with Crippen LogP contribution in [-0.4, -0.2) is 71.0 Å². The molecule has 2 aliphatic carbocycles. The third-order valence-electron chi connectivity index (χ3n) is 7.56. The van der Waals surface area contributed by atoms with Crippen LogP contribution in [0.15, 0.2) is 24.0 Å². The number of aromatic hydroxyl groups is 1. The maximum absolute atomic E-state index is 12.7. The molecule has 11 heteroatoms. The van der Waals surface area contributed by atoms with Gasteiger partial charge in [0.2, 0.25) is 0 Å². The summed E-state index contributed by atoms with van der Waals surface area (Å²) in [6.45, 7) is 2.30. The SMILES string of the molecule is C[C@H](OC(=O)CCN)C(=O)OC1=CC[C@]2(O)C3Cc4ccc(O)c5c4[C@@]2(CCN3C)[C@H]1O5.Cl.Cl. The predicted octanol–water partition coefficient (Wildman–Crippen LogP) is 1.34. The van der Waals surface area contributed by atoms with E-state index in [0.29, 0.717) is 18.6 Å². The summed E-state index contributed by atoms with van der Waals surface area (Å²) in [4.78, 5) is 26.6. The molecule has 0 saturated carbocycles. The Labute approximate surface area is 210 Å². The molecule has 0 radical (unpaired) electrons. The van der Waals surface area contributed by atoms with Crippen molar-refractivity contribution in [2.75, 3.05) is 20.1 Å². The lowest BCUT2D eigenvalue weighted by molar-refractivity contribution is -0.175. The zero-order chi connectivity index (χ0) is 22.8. The number of nitrogens with two attached hydrogens (primary N) is 1. The van der Waals surface area contributed by atoms with Gasteiger partial charge in [-0.3, -0.25) is 4.79 Å². The second-order valence-electron chi connectivity index (χ2n) is 9.19. The van der Waals surface area contributed by atoms with E-state index >= 15 is 0 Å². The van der Waals surface area contributed by atoms with Gasteiger partial charge in [-0.05, 0) is 51.1 Å². The van der Waals surface area contributed by atoms with Crippen LogP contribution in [0.25, 0.3) is 0 Å². The van der Waals surface area contributed by atoms with Crippen LogP contribution >= 0.6 is 24.8 Å². The van der Waals surface area contributed by atoms with Crippen molar-refractivity contribution in [1.82, 2.24) is 4.90 Å². The second kappa shape index (κ2) is 9.20. The smallest absolute Gasteiger partial charge is 0.352 e. The molecule has 5 atom stereocenters. The van der Waals surface area contributed by atoms with E-state index in [1.807, 2.05) is 13.1 Å². The van der Waals surface area contributed by atoms with Gasteiger partial charge in [-0.25, -0.2) is 4.79 Å². The monoisotopic (exact) mass is 516 g/mol. The van der Waals surface area contributed by atoms with Crippen LogP contribution in [0, 0.1) is 0 Å². The summed E-state index contributed by atoms with van der Waals surface area (Å²) in [6, 6.07) is 3.36. The van der Waals surface area contributed by atoms with Gasteiger partial charge in [0.1, 0.15) is 5.76 Å². The molecule has 1 unspecified atom stereocenters. The first kappa shape index (κ1) is 26.6. The molecule has 4 aliphatic rings. The fourth-order valence-corrected chi connectivity index (χ4v) is 6.06. The first-order valence-corrected chi connectivity index (χ1v) is 11.0. The molecule has 2 heterocycles. The number of benzene rings is 1. The van der Waals surface area contributed by atoms with Crippen molar-refractivity contribution in [2.45, 2.75) is 61.9 Å². The standard InChI is InChI=1S/C23H28N2O7.2ClH/c1-12(30-17(27)6-9-24)21(28)31-15-5-7-23(29)16-11-13-3-4-14(26)19-18(13)22(23,20(15)32-19)8-10-25(16)2;;/h3-5,12,16,20,26,29H,6-11,24H2,1-2H3;2*1H/t12-,16?,20-,22-,23-;;/m0../s1. The van der Waals surface area contributed by atoms with Crippen molar-refractivity contribution < 1.29 is 34.0 Å². The van der Waals surface area contributed by atoms with Crippen molar-refractivity contribution in [2.24, 2.45) is 5.73 Å². The Morgan fingerprint density at radius 1 is 1.35 bits per heavy atom. The minimum absolute atomic E-state index is 0. The summed E-state index contributed by atoms with van der Waals surface area (Å²) >= 11 is 0. The Kier molecular flexibility index (Phi) is 7.19. The van der Waals surface area contributed by atoms with Gasteiger partial charge in [0.25, 0.3) is 0 Å². The highest BCUT2D eigenvalue weighted by molar-refractivity contribution is 5.85. The number of hydrogen-bond donors (Lipinski definition) is 3. The van der Waals surface area contributed by atoms with Crippen molar-refractivity contribution >= 4 is 36.8 Å². The van der Waals surface area contributed by atoms with Gasteiger partial charge in [0.05, 0.1) is 17.4 Å². The topological polar surface area (TPSA) is 132 Å². The van der Waals surface area contributed by atoms with Gasteiger partial charge in [-0.1, -0.05) is 6.07 Å². The molecular weight excluding hydrogens is 487 g/mol. The number of piperidine rings is 1. The molecule has 2 aliphatic heterocycles. The number of ether oxygens (including phenoxy) is 3. The molecule has 1 spiro atoms. The number of aliphatic hydroxyl groups is 1. The van der Waals surface area contributed by atoms with Crippen LogP contribution in [0.3, 0.4) is 0 Å². The molecule has 188 valence electrons. The quantitative estimate of drug-likeness (QED) is 0.495. The summed E-state index contributed by atoms with van der Waals surface area (Å²) in [7, 11) is 2.00. The van der Waals surface area contributed by atoms with Crippen LogP contribution in [0.1, 0.15) is 37.3 Å². The molecule has 1 aromatic rings. The highest BCUT2D eigenvalue weighted by Crippen LogP contribution is 2.65.